The van der Waals surface area contributed by atoms with E-state index in [4.69, 9.17) is 0 Å². The van der Waals surface area contributed by atoms with E-state index in [2.05, 4.69) is 25.8 Å². The molecule has 0 bridgehead atoms. The molecule has 0 radical (unpaired) electrons. The molecule has 2 aromatic heterocycles. The molecule has 2 N–H and O–H groups in total. The minimum Gasteiger partial charge on any atom is -0.333 e. The summed E-state index contributed by atoms with van der Waals surface area (Å²) < 4.78 is 3.40. The smallest absolute Gasteiger partial charge is 0.321 e. The molecule has 0 aliphatic carbocycles. The lowest BCUT2D eigenvalue weighted by molar-refractivity contribution is 0.247. The van der Waals surface area contributed by atoms with Gasteiger partial charge >= 0.3 is 6.03 Å². The van der Waals surface area contributed by atoms with Crippen LogP contribution in [0.4, 0.5) is 10.7 Å². The number of carbonyl (C=O) groups excluding carboxylic acids is 1. The summed E-state index contributed by atoms with van der Waals surface area (Å²) in [6.07, 6.45) is 1.52. The summed E-state index contributed by atoms with van der Waals surface area (Å²) >= 11 is 0. The van der Waals surface area contributed by atoms with Gasteiger partial charge in [0.2, 0.25) is 5.95 Å². The highest BCUT2D eigenvalue weighted by atomic mass is 16.2. The fourth-order valence-electron chi connectivity index (χ4n) is 1.92. The zero-order chi connectivity index (χ0) is 14.7. The van der Waals surface area contributed by atoms with Gasteiger partial charge in [0.05, 0.1) is 12.2 Å². The molecule has 2 aromatic rings. The minimum atomic E-state index is -0.328. The number of nitrogens with zero attached hydrogens (tertiary/aromatic N) is 5. The van der Waals surface area contributed by atoms with Crippen LogP contribution in [0.3, 0.4) is 0 Å². The highest BCUT2D eigenvalue weighted by molar-refractivity contribution is 5.87. The molecule has 2 rings (SSSR count). The Labute approximate surface area is 117 Å². The van der Waals surface area contributed by atoms with Crippen LogP contribution in [0.25, 0.3) is 0 Å². The number of nitrogens with one attached hydrogen (secondary N) is 2. The van der Waals surface area contributed by atoms with Crippen molar-refractivity contribution in [3.05, 3.63) is 23.8 Å². The molecule has 8 nitrogen and oxygen atoms in total. The van der Waals surface area contributed by atoms with Crippen molar-refractivity contribution < 1.29 is 4.79 Å². The first-order valence-corrected chi connectivity index (χ1v) is 6.38. The van der Waals surface area contributed by atoms with Gasteiger partial charge in [0.15, 0.2) is 0 Å². The van der Waals surface area contributed by atoms with E-state index < -0.39 is 0 Å². The highest BCUT2D eigenvalue weighted by Crippen LogP contribution is 2.03. The third-order valence-corrected chi connectivity index (χ3v) is 2.75. The van der Waals surface area contributed by atoms with Gasteiger partial charge in [0, 0.05) is 18.8 Å². The number of carbonyl (C=O) groups is 1. The minimum absolute atomic E-state index is 0.0586. The molecule has 0 aliphatic heterocycles. The van der Waals surface area contributed by atoms with E-state index in [0.29, 0.717) is 6.54 Å². The lowest BCUT2D eigenvalue weighted by atomic mass is 10.3. The Balaban J connectivity index is 1.86. The Morgan fingerprint density at radius 2 is 2.15 bits per heavy atom. The summed E-state index contributed by atoms with van der Waals surface area (Å²) in [6.45, 7) is 6.47. The van der Waals surface area contributed by atoms with Gasteiger partial charge in [-0.15, -0.1) is 5.10 Å². The number of urea groups is 1. The first kappa shape index (κ1) is 14.0. The zero-order valence-corrected chi connectivity index (χ0v) is 12.1. The first-order valence-electron chi connectivity index (χ1n) is 6.38. The molecule has 1 atom stereocenters. The van der Waals surface area contributed by atoms with Crippen LogP contribution in [0.1, 0.15) is 18.3 Å². The largest absolute Gasteiger partial charge is 0.333 e. The van der Waals surface area contributed by atoms with E-state index in [-0.39, 0.29) is 18.0 Å². The van der Waals surface area contributed by atoms with Crippen molar-refractivity contribution in [2.75, 3.05) is 5.32 Å². The van der Waals surface area contributed by atoms with Gasteiger partial charge in [-0.2, -0.15) is 5.10 Å². The topological polar surface area (TPSA) is 89.7 Å². The number of rotatable bonds is 4. The predicted octanol–water partition coefficient (Wildman–Crippen LogP) is 0.839. The fourth-order valence-corrected chi connectivity index (χ4v) is 1.92. The quantitative estimate of drug-likeness (QED) is 0.866. The summed E-state index contributed by atoms with van der Waals surface area (Å²) in [5.41, 5.74) is 2.04. The Morgan fingerprint density at radius 1 is 1.40 bits per heavy atom. The van der Waals surface area contributed by atoms with E-state index in [0.717, 1.165) is 11.4 Å². The number of aromatic nitrogens is 5. The Bertz CT molecular complexity index is 601. The summed E-state index contributed by atoms with van der Waals surface area (Å²) in [5.74, 6) is 0.281. The first-order chi connectivity index (χ1) is 9.44. The zero-order valence-electron chi connectivity index (χ0n) is 12.1. The maximum Gasteiger partial charge on any atom is 0.321 e. The summed E-state index contributed by atoms with van der Waals surface area (Å²) in [4.78, 5) is 15.7. The molecule has 0 saturated heterocycles. The lowest BCUT2D eigenvalue weighted by Gasteiger charge is -2.14. The number of hydrogen-bond acceptors (Lipinski definition) is 4. The van der Waals surface area contributed by atoms with E-state index >= 15 is 0 Å². The molecule has 0 unspecified atom stereocenters. The Hall–Kier alpha value is -2.38. The van der Waals surface area contributed by atoms with Gasteiger partial charge in [-0.3, -0.25) is 14.7 Å². The van der Waals surface area contributed by atoms with Crippen molar-refractivity contribution in [3.8, 4) is 0 Å². The molecule has 0 aromatic carbocycles. The number of aryl methyl sites for hydroxylation is 3. The van der Waals surface area contributed by atoms with E-state index in [1.807, 2.05) is 31.5 Å². The molecular weight excluding hydrogens is 258 g/mol. The van der Waals surface area contributed by atoms with E-state index in [9.17, 15) is 4.79 Å². The summed E-state index contributed by atoms with van der Waals surface area (Å²) in [7, 11) is 1.74. The van der Waals surface area contributed by atoms with Crippen LogP contribution in [-0.2, 0) is 13.6 Å². The third kappa shape index (κ3) is 3.56. The molecule has 2 heterocycles. The van der Waals surface area contributed by atoms with Crippen molar-refractivity contribution in [1.29, 1.82) is 0 Å². The van der Waals surface area contributed by atoms with Crippen LogP contribution in [0.5, 0.6) is 0 Å². The van der Waals surface area contributed by atoms with E-state index in [1.54, 1.807) is 7.05 Å². The monoisotopic (exact) mass is 277 g/mol. The van der Waals surface area contributed by atoms with Gasteiger partial charge in [0.1, 0.15) is 6.33 Å². The SMILES string of the molecule is Cc1cc(C)n(C[C@@H](C)NC(=O)Nc2ncn(C)n2)n1. The van der Waals surface area contributed by atoms with Crippen LogP contribution in [0.2, 0.25) is 0 Å². The number of hydrogen-bond donors (Lipinski definition) is 2. The maximum atomic E-state index is 11.8. The second-order valence-corrected chi connectivity index (χ2v) is 4.85. The number of amides is 2. The average Bonchev–Trinajstić information content (AvgIpc) is 2.85. The molecule has 0 saturated carbocycles. The second-order valence-electron chi connectivity index (χ2n) is 4.85. The summed E-state index contributed by atoms with van der Waals surface area (Å²) in [6, 6.07) is 1.62. The van der Waals surface area contributed by atoms with Crippen LogP contribution in [0, 0.1) is 13.8 Å². The van der Waals surface area contributed by atoms with Gasteiger partial charge in [-0.05, 0) is 26.8 Å². The Morgan fingerprint density at radius 3 is 2.70 bits per heavy atom. The molecule has 0 aliphatic rings. The highest BCUT2D eigenvalue weighted by Gasteiger charge is 2.11. The van der Waals surface area contributed by atoms with Crippen LogP contribution in [-0.4, -0.2) is 36.6 Å². The van der Waals surface area contributed by atoms with Gasteiger partial charge in [-0.1, -0.05) is 0 Å². The maximum absolute atomic E-state index is 11.8. The molecule has 0 fully saturated rings. The number of anilines is 1. The van der Waals surface area contributed by atoms with Crippen molar-refractivity contribution in [1.82, 2.24) is 29.9 Å². The fraction of sp³-hybridized carbons (Fsp3) is 0.500. The van der Waals surface area contributed by atoms with Gasteiger partial charge < -0.3 is 5.32 Å². The van der Waals surface area contributed by atoms with Crippen LogP contribution in [0.15, 0.2) is 12.4 Å². The standard InChI is InChI=1S/C12H19N7O/c1-8-5-10(3)19(16-8)6-9(2)14-12(20)15-11-13-7-18(4)17-11/h5,7,9H,6H2,1-4H3,(H2,14,15,17,20)/t9-/m1/s1. The normalized spacial score (nSPS) is 12.2. The second kappa shape index (κ2) is 5.72. The average molecular weight is 277 g/mol. The van der Waals surface area contributed by atoms with E-state index in [1.165, 1.54) is 11.0 Å². The van der Waals surface area contributed by atoms with Crippen LogP contribution >= 0.6 is 0 Å². The van der Waals surface area contributed by atoms with Gasteiger partial charge in [-0.25, -0.2) is 9.78 Å². The van der Waals surface area contributed by atoms with Gasteiger partial charge in [0.25, 0.3) is 0 Å². The molecule has 20 heavy (non-hydrogen) atoms. The predicted molar refractivity (Wildman–Crippen MR) is 74.3 cm³/mol. The summed E-state index contributed by atoms with van der Waals surface area (Å²) in [5, 5.41) is 13.7. The lowest BCUT2D eigenvalue weighted by Crippen LogP contribution is -2.39. The third-order valence-electron chi connectivity index (χ3n) is 2.75. The van der Waals surface area contributed by atoms with Crippen molar-refractivity contribution in [3.63, 3.8) is 0 Å². The molecule has 2 amide bonds. The molecule has 108 valence electrons. The molecule has 8 heteroatoms. The van der Waals surface area contributed by atoms with Crippen molar-refractivity contribution >= 4 is 12.0 Å². The molecule has 0 spiro atoms. The molecular formula is C12H19N7O. The Kier molecular flexibility index (Phi) is 4.02. The van der Waals surface area contributed by atoms with Crippen LogP contribution < -0.4 is 10.6 Å². The van der Waals surface area contributed by atoms with Crippen molar-refractivity contribution in [2.45, 2.75) is 33.4 Å². The van der Waals surface area contributed by atoms with Crippen molar-refractivity contribution in [2.24, 2.45) is 7.05 Å².